The number of aliphatic hydroxyl groups is 1. The SMILES string of the molecule is Cc1ccnc(C(O)C2CCCc3cccnc32)c1. The van der Waals surface area contributed by atoms with Crippen molar-refractivity contribution >= 4 is 0 Å². The number of hydrogen-bond acceptors (Lipinski definition) is 3. The van der Waals surface area contributed by atoms with E-state index in [1.165, 1.54) is 5.56 Å². The summed E-state index contributed by atoms with van der Waals surface area (Å²) >= 11 is 0. The molecule has 3 rings (SSSR count). The molecule has 1 aliphatic carbocycles. The van der Waals surface area contributed by atoms with Gasteiger partial charge in [0.15, 0.2) is 0 Å². The molecular weight excluding hydrogens is 236 g/mol. The predicted octanol–water partition coefficient (Wildman–Crippen LogP) is 2.94. The quantitative estimate of drug-likeness (QED) is 0.896. The first-order valence-corrected chi connectivity index (χ1v) is 6.80. The molecule has 2 aromatic rings. The molecule has 1 N–H and O–H groups in total. The Labute approximate surface area is 113 Å². The summed E-state index contributed by atoms with van der Waals surface area (Å²) in [6, 6.07) is 7.99. The van der Waals surface area contributed by atoms with E-state index in [4.69, 9.17) is 0 Å². The van der Waals surface area contributed by atoms with Gasteiger partial charge in [0.25, 0.3) is 0 Å². The third kappa shape index (κ3) is 2.38. The largest absolute Gasteiger partial charge is 0.386 e. The third-order valence-electron chi connectivity index (χ3n) is 3.86. The van der Waals surface area contributed by atoms with E-state index < -0.39 is 6.10 Å². The monoisotopic (exact) mass is 254 g/mol. The van der Waals surface area contributed by atoms with Gasteiger partial charge in [0.1, 0.15) is 6.10 Å². The van der Waals surface area contributed by atoms with Crippen LogP contribution in [0.3, 0.4) is 0 Å². The van der Waals surface area contributed by atoms with E-state index in [1.54, 1.807) is 6.20 Å². The first-order chi connectivity index (χ1) is 9.25. The maximum absolute atomic E-state index is 10.6. The summed E-state index contributed by atoms with van der Waals surface area (Å²) in [6.07, 6.45) is 6.15. The van der Waals surface area contributed by atoms with E-state index in [2.05, 4.69) is 16.0 Å². The normalized spacial score (nSPS) is 19.8. The Bertz CT molecular complexity index is 582. The number of aliphatic hydroxyl groups excluding tert-OH is 1. The van der Waals surface area contributed by atoms with Crippen molar-refractivity contribution in [3.05, 3.63) is 59.2 Å². The Morgan fingerprint density at radius 3 is 3.00 bits per heavy atom. The van der Waals surface area contributed by atoms with Crippen molar-refractivity contribution in [1.29, 1.82) is 0 Å². The van der Waals surface area contributed by atoms with E-state index in [0.717, 1.165) is 36.2 Å². The van der Waals surface area contributed by atoms with Gasteiger partial charge in [-0.05, 0) is 55.5 Å². The molecule has 98 valence electrons. The number of rotatable bonds is 2. The van der Waals surface area contributed by atoms with Gasteiger partial charge in [-0.3, -0.25) is 9.97 Å². The molecule has 2 unspecified atom stereocenters. The summed E-state index contributed by atoms with van der Waals surface area (Å²) in [5.74, 6) is 0.0687. The molecule has 2 heterocycles. The molecule has 3 heteroatoms. The van der Waals surface area contributed by atoms with E-state index >= 15 is 0 Å². The number of nitrogens with zero attached hydrogens (tertiary/aromatic N) is 2. The molecule has 1 aliphatic rings. The smallest absolute Gasteiger partial charge is 0.104 e. The molecule has 0 saturated heterocycles. The van der Waals surface area contributed by atoms with Crippen LogP contribution in [0.15, 0.2) is 36.7 Å². The fourth-order valence-corrected chi connectivity index (χ4v) is 2.88. The van der Waals surface area contributed by atoms with Gasteiger partial charge in [-0.1, -0.05) is 6.07 Å². The Hall–Kier alpha value is -1.74. The van der Waals surface area contributed by atoms with Crippen LogP contribution in [0, 0.1) is 6.92 Å². The van der Waals surface area contributed by atoms with Crippen molar-refractivity contribution < 1.29 is 5.11 Å². The van der Waals surface area contributed by atoms with Crippen LogP contribution in [0.5, 0.6) is 0 Å². The first-order valence-electron chi connectivity index (χ1n) is 6.80. The zero-order chi connectivity index (χ0) is 13.2. The molecule has 2 atom stereocenters. The van der Waals surface area contributed by atoms with Crippen molar-refractivity contribution in [3.63, 3.8) is 0 Å². The number of pyridine rings is 2. The molecule has 0 aromatic carbocycles. The van der Waals surface area contributed by atoms with Crippen molar-refractivity contribution in [3.8, 4) is 0 Å². The zero-order valence-corrected chi connectivity index (χ0v) is 11.1. The van der Waals surface area contributed by atoms with E-state index in [-0.39, 0.29) is 5.92 Å². The van der Waals surface area contributed by atoms with Gasteiger partial charge in [-0.2, -0.15) is 0 Å². The lowest BCUT2D eigenvalue weighted by Gasteiger charge is -2.28. The predicted molar refractivity (Wildman–Crippen MR) is 73.8 cm³/mol. The number of fused-ring (bicyclic) bond motifs is 1. The van der Waals surface area contributed by atoms with E-state index in [9.17, 15) is 5.11 Å². The van der Waals surface area contributed by atoms with Crippen LogP contribution in [0.1, 0.15) is 47.4 Å². The van der Waals surface area contributed by atoms with Crippen LogP contribution in [0.2, 0.25) is 0 Å². The van der Waals surface area contributed by atoms with Gasteiger partial charge in [-0.25, -0.2) is 0 Å². The summed E-state index contributed by atoms with van der Waals surface area (Å²) < 4.78 is 0. The van der Waals surface area contributed by atoms with Gasteiger partial charge in [0.05, 0.1) is 5.69 Å². The minimum atomic E-state index is -0.561. The molecule has 19 heavy (non-hydrogen) atoms. The maximum Gasteiger partial charge on any atom is 0.104 e. The Morgan fingerprint density at radius 2 is 2.16 bits per heavy atom. The van der Waals surface area contributed by atoms with E-state index in [0.29, 0.717) is 0 Å². The standard InChI is InChI=1S/C16H18N2O/c1-11-7-9-17-14(10-11)16(19)13-6-2-4-12-5-3-8-18-15(12)13/h3,5,7-10,13,16,19H,2,4,6H2,1H3. The third-order valence-corrected chi connectivity index (χ3v) is 3.86. The molecule has 3 nitrogen and oxygen atoms in total. The number of aryl methyl sites for hydroxylation is 2. The van der Waals surface area contributed by atoms with Crippen LogP contribution >= 0.6 is 0 Å². The molecule has 0 fully saturated rings. The second-order valence-corrected chi connectivity index (χ2v) is 5.25. The van der Waals surface area contributed by atoms with Gasteiger partial charge in [0.2, 0.25) is 0 Å². The molecule has 2 aromatic heterocycles. The number of hydrogen-bond donors (Lipinski definition) is 1. The highest BCUT2D eigenvalue weighted by Gasteiger charge is 2.29. The zero-order valence-electron chi connectivity index (χ0n) is 11.1. The Balaban J connectivity index is 1.95. The lowest BCUT2D eigenvalue weighted by atomic mass is 9.82. The lowest BCUT2D eigenvalue weighted by Crippen LogP contribution is -2.19. The molecule has 0 spiro atoms. The average Bonchev–Trinajstić information content (AvgIpc) is 2.46. The Morgan fingerprint density at radius 1 is 1.26 bits per heavy atom. The van der Waals surface area contributed by atoms with Crippen LogP contribution in [0.4, 0.5) is 0 Å². The molecule has 0 amide bonds. The van der Waals surface area contributed by atoms with Crippen LogP contribution in [-0.2, 0) is 6.42 Å². The summed E-state index contributed by atoms with van der Waals surface area (Å²) in [4.78, 5) is 8.79. The lowest BCUT2D eigenvalue weighted by molar-refractivity contribution is 0.129. The van der Waals surface area contributed by atoms with Gasteiger partial charge >= 0.3 is 0 Å². The Kier molecular flexibility index (Phi) is 3.30. The molecular formula is C16H18N2O. The van der Waals surface area contributed by atoms with Crippen molar-refractivity contribution in [1.82, 2.24) is 9.97 Å². The van der Waals surface area contributed by atoms with Gasteiger partial charge in [0, 0.05) is 24.0 Å². The van der Waals surface area contributed by atoms with Gasteiger partial charge in [-0.15, -0.1) is 0 Å². The molecule has 0 aliphatic heterocycles. The highest BCUT2D eigenvalue weighted by molar-refractivity contribution is 5.29. The molecule has 0 saturated carbocycles. The minimum absolute atomic E-state index is 0.0687. The highest BCUT2D eigenvalue weighted by atomic mass is 16.3. The van der Waals surface area contributed by atoms with Crippen LogP contribution in [-0.4, -0.2) is 15.1 Å². The van der Waals surface area contributed by atoms with Crippen LogP contribution in [0.25, 0.3) is 0 Å². The molecule has 0 radical (unpaired) electrons. The second-order valence-electron chi connectivity index (χ2n) is 5.25. The topological polar surface area (TPSA) is 46.0 Å². The highest BCUT2D eigenvalue weighted by Crippen LogP contribution is 2.38. The summed E-state index contributed by atoms with van der Waals surface area (Å²) in [6.45, 7) is 2.02. The second kappa shape index (κ2) is 5.10. The molecule has 0 bridgehead atoms. The number of aromatic nitrogens is 2. The van der Waals surface area contributed by atoms with Crippen molar-refractivity contribution in [2.75, 3.05) is 0 Å². The van der Waals surface area contributed by atoms with Crippen LogP contribution < -0.4 is 0 Å². The van der Waals surface area contributed by atoms with Crippen molar-refractivity contribution in [2.45, 2.75) is 38.2 Å². The fraction of sp³-hybridized carbons (Fsp3) is 0.375. The van der Waals surface area contributed by atoms with E-state index in [1.807, 2.05) is 31.3 Å². The summed E-state index contributed by atoms with van der Waals surface area (Å²) in [5.41, 5.74) is 4.19. The average molecular weight is 254 g/mol. The minimum Gasteiger partial charge on any atom is -0.386 e. The fourth-order valence-electron chi connectivity index (χ4n) is 2.88. The van der Waals surface area contributed by atoms with Gasteiger partial charge < -0.3 is 5.11 Å². The van der Waals surface area contributed by atoms with Crippen molar-refractivity contribution in [2.24, 2.45) is 0 Å². The maximum atomic E-state index is 10.6. The summed E-state index contributed by atoms with van der Waals surface area (Å²) in [7, 11) is 0. The first kappa shape index (κ1) is 12.3. The summed E-state index contributed by atoms with van der Waals surface area (Å²) in [5, 5.41) is 10.6.